The number of hydrogen-bond acceptors (Lipinski definition) is 7. The maximum atomic E-state index is 12.1. The van der Waals surface area contributed by atoms with Gasteiger partial charge in [-0.15, -0.1) is 6.58 Å². The topological polar surface area (TPSA) is 113 Å². The number of benzene rings is 1. The van der Waals surface area contributed by atoms with Gasteiger partial charge in [0.2, 0.25) is 12.2 Å². The van der Waals surface area contributed by atoms with E-state index in [1.54, 1.807) is 26.0 Å². The number of rotatable bonds is 8. The molecule has 9 nitrogen and oxygen atoms in total. The second-order valence-electron chi connectivity index (χ2n) is 8.36. The molecule has 2 fully saturated rings. The Kier molecular flexibility index (Phi) is 7.55. The number of ether oxygens (including phenoxy) is 5. The van der Waals surface area contributed by atoms with Gasteiger partial charge in [-0.3, -0.25) is 4.79 Å². The maximum Gasteiger partial charge on any atom is 0.332 e. The zero-order chi connectivity index (χ0) is 23.5. The molecule has 1 aromatic carbocycles. The van der Waals surface area contributed by atoms with E-state index in [1.165, 1.54) is 13.8 Å². The van der Waals surface area contributed by atoms with Crippen LogP contribution in [-0.2, 0) is 35.0 Å². The predicted molar refractivity (Wildman–Crippen MR) is 114 cm³/mol. The van der Waals surface area contributed by atoms with Crippen molar-refractivity contribution in [1.82, 2.24) is 5.32 Å². The van der Waals surface area contributed by atoms with Gasteiger partial charge in [0.25, 0.3) is 0 Å². The Morgan fingerprint density at radius 2 is 2.09 bits per heavy atom. The highest BCUT2D eigenvalue weighted by Crippen LogP contribution is 2.35. The molecule has 0 aliphatic carbocycles. The fraction of sp³-hybridized carbons (Fsp3) is 0.565. The van der Waals surface area contributed by atoms with Crippen molar-refractivity contribution in [3.8, 4) is 5.75 Å². The molecule has 2 aliphatic rings. The Morgan fingerprint density at radius 3 is 2.75 bits per heavy atom. The lowest BCUT2D eigenvalue weighted by Gasteiger charge is -2.51. The summed E-state index contributed by atoms with van der Waals surface area (Å²) >= 11 is 0. The molecule has 9 heteroatoms. The van der Waals surface area contributed by atoms with Crippen molar-refractivity contribution in [2.75, 3.05) is 6.61 Å². The van der Waals surface area contributed by atoms with Gasteiger partial charge in [0.15, 0.2) is 11.9 Å². The van der Waals surface area contributed by atoms with Crippen molar-refractivity contribution in [3.63, 3.8) is 0 Å². The number of carbonyl (C=O) groups excluding carboxylic acids is 1. The summed E-state index contributed by atoms with van der Waals surface area (Å²) in [6.45, 7) is 10.3. The van der Waals surface area contributed by atoms with Gasteiger partial charge in [-0.05, 0) is 38.8 Å². The molecule has 32 heavy (non-hydrogen) atoms. The van der Waals surface area contributed by atoms with Crippen LogP contribution in [0.4, 0.5) is 0 Å². The van der Waals surface area contributed by atoms with Crippen molar-refractivity contribution in [2.24, 2.45) is 0 Å². The molecule has 176 valence electrons. The second-order valence-corrected chi connectivity index (χ2v) is 8.36. The Labute approximate surface area is 187 Å². The first-order chi connectivity index (χ1) is 15.1. The van der Waals surface area contributed by atoms with Gasteiger partial charge in [-0.1, -0.05) is 24.3 Å². The minimum Gasteiger partial charge on any atom is -0.479 e. The van der Waals surface area contributed by atoms with E-state index >= 15 is 0 Å². The lowest BCUT2D eigenvalue weighted by Crippen LogP contribution is -2.70. The van der Waals surface area contributed by atoms with E-state index in [0.29, 0.717) is 12.2 Å². The third kappa shape index (κ3) is 5.66. The van der Waals surface area contributed by atoms with Crippen molar-refractivity contribution < 1.29 is 38.4 Å². The first kappa shape index (κ1) is 24.2. The Balaban J connectivity index is 1.96. The van der Waals surface area contributed by atoms with E-state index in [1.807, 2.05) is 18.2 Å². The number of allylic oxidation sites excluding steroid dienone is 1. The molecule has 1 amide bonds. The van der Waals surface area contributed by atoms with Crippen molar-refractivity contribution in [2.45, 2.75) is 76.7 Å². The number of fused-ring (bicyclic) bond motifs is 1. The molecule has 0 bridgehead atoms. The van der Waals surface area contributed by atoms with E-state index in [-0.39, 0.29) is 12.5 Å². The van der Waals surface area contributed by atoms with Crippen molar-refractivity contribution in [3.05, 3.63) is 42.5 Å². The van der Waals surface area contributed by atoms with Crippen LogP contribution in [-0.4, -0.2) is 66.1 Å². The molecule has 2 aliphatic heterocycles. The lowest BCUT2D eigenvalue weighted by molar-refractivity contribution is -0.366. The average Bonchev–Trinajstić information content (AvgIpc) is 2.71. The SMILES string of the molecule is C=CCc1ccccc1OC1OC2COC(C)(C)OC2C(OC(C)C(=O)O)C1NC(C)=O. The van der Waals surface area contributed by atoms with Gasteiger partial charge in [0, 0.05) is 6.92 Å². The molecule has 2 saturated heterocycles. The molecule has 2 heterocycles. The third-order valence-electron chi connectivity index (χ3n) is 5.32. The molecule has 0 spiro atoms. The molecule has 2 N–H and O–H groups in total. The van der Waals surface area contributed by atoms with Crippen molar-refractivity contribution in [1.29, 1.82) is 0 Å². The summed E-state index contributed by atoms with van der Waals surface area (Å²) < 4.78 is 30.1. The summed E-state index contributed by atoms with van der Waals surface area (Å²) in [6.07, 6.45) is -1.89. The van der Waals surface area contributed by atoms with E-state index in [4.69, 9.17) is 23.7 Å². The van der Waals surface area contributed by atoms with Crippen LogP contribution >= 0.6 is 0 Å². The van der Waals surface area contributed by atoms with Gasteiger partial charge < -0.3 is 34.1 Å². The summed E-state index contributed by atoms with van der Waals surface area (Å²) in [5.41, 5.74) is 0.892. The zero-order valence-electron chi connectivity index (χ0n) is 18.8. The summed E-state index contributed by atoms with van der Waals surface area (Å²) in [7, 11) is 0. The largest absolute Gasteiger partial charge is 0.479 e. The normalized spacial score (nSPS) is 29.9. The molecular weight excluding hydrogens is 418 g/mol. The molecular formula is C23H31NO8. The number of carboxylic acids is 1. The number of aliphatic carboxylic acids is 1. The Hall–Kier alpha value is -2.46. The van der Waals surface area contributed by atoms with Crippen LogP contribution < -0.4 is 10.1 Å². The number of hydrogen-bond donors (Lipinski definition) is 2. The first-order valence-electron chi connectivity index (χ1n) is 10.6. The van der Waals surface area contributed by atoms with Crippen LogP contribution in [0, 0.1) is 0 Å². The van der Waals surface area contributed by atoms with E-state index < -0.39 is 48.5 Å². The smallest absolute Gasteiger partial charge is 0.332 e. The van der Waals surface area contributed by atoms with Crippen molar-refractivity contribution >= 4 is 11.9 Å². The number of nitrogens with one attached hydrogen (secondary N) is 1. The molecule has 0 aromatic heterocycles. The minimum absolute atomic E-state index is 0.194. The van der Waals surface area contributed by atoms with Crippen LogP contribution in [0.5, 0.6) is 5.75 Å². The van der Waals surface area contributed by atoms with Gasteiger partial charge in [0.05, 0.1) is 6.61 Å². The summed E-state index contributed by atoms with van der Waals surface area (Å²) in [6, 6.07) is 6.59. The van der Waals surface area contributed by atoms with Crippen LogP contribution in [0.2, 0.25) is 0 Å². The van der Waals surface area contributed by atoms with Gasteiger partial charge in [-0.2, -0.15) is 0 Å². The number of amides is 1. The maximum absolute atomic E-state index is 12.1. The van der Waals surface area contributed by atoms with E-state index in [0.717, 1.165) is 5.56 Å². The van der Waals surface area contributed by atoms with E-state index in [9.17, 15) is 14.7 Å². The molecule has 3 rings (SSSR count). The lowest BCUT2D eigenvalue weighted by atomic mass is 9.94. The predicted octanol–water partition coefficient (Wildman–Crippen LogP) is 2.03. The highest BCUT2D eigenvalue weighted by atomic mass is 16.8. The quantitative estimate of drug-likeness (QED) is 0.580. The van der Waals surface area contributed by atoms with Crippen LogP contribution in [0.15, 0.2) is 36.9 Å². The molecule has 0 radical (unpaired) electrons. The molecule has 6 unspecified atom stereocenters. The number of carbonyl (C=O) groups is 2. The van der Waals surface area contributed by atoms with E-state index in [2.05, 4.69) is 11.9 Å². The molecule has 0 saturated carbocycles. The fourth-order valence-corrected chi connectivity index (χ4v) is 3.84. The Morgan fingerprint density at radius 1 is 1.38 bits per heavy atom. The van der Waals surface area contributed by atoms with Gasteiger partial charge in [-0.25, -0.2) is 4.79 Å². The zero-order valence-corrected chi connectivity index (χ0v) is 18.8. The third-order valence-corrected chi connectivity index (χ3v) is 5.32. The monoisotopic (exact) mass is 449 g/mol. The van der Waals surface area contributed by atoms with Crippen LogP contribution in [0.1, 0.15) is 33.3 Å². The van der Waals surface area contributed by atoms with Crippen LogP contribution in [0.25, 0.3) is 0 Å². The summed E-state index contributed by atoms with van der Waals surface area (Å²) in [5.74, 6) is -1.83. The highest BCUT2D eigenvalue weighted by molar-refractivity contribution is 5.73. The molecule has 1 aromatic rings. The van der Waals surface area contributed by atoms with Crippen LogP contribution in [0.3, 0.4) is 0 Å². The molecule has 6 atom stereocenters. The fourth-order valence-electron chi connectivity index (χ4n) is 3.84. The summed E-state index contributed by atoms with van der Waals surface area (Å²) in [4.78, 5) is 23.6. The number of carboxylic acid groups (broad SMARTS) is 1. The summed E-state index contributed by atoms with van der Waals surface area (Å²) in [5, 5.41) is 12.2. The number of para-hydroxylation sites is 1. The average molecular weight is 450 g/mol. The Bertz CT molecular complexity index is 841. The highest BCUT2D eigenvalue weighted by Gasteiger charge is 2.54. The second kappa shape index (κ2) is 9.99. The van der Waals surface area contributed by atoms with Gasteiger partial charge >= 0.3 is 5.97 Å². The minimum atomic E-state index is -1.14. The van der Waals surface area contributed by atoms with Gasteiger partial charge in [0.1, 0.15) is 30.1 Å². The standard InChI is InChI=1S/C23H31NO8/c1-6-9-15-10-7-8-11-16(15)30-22-18(24-14(3)25)20(29-13(2)21(26)27)19-17(31-22)12-28-23(4,5)32-19/h6-8,10-11,13,17-20,22H,1,9,12H2,2-5H3,(H,24,25)(H,26,27). The first-order valence-corrected chi connectivity index (χ1v) is 10.6.